The quantitative estimate of drug-likeness (QED) is 0.870. The van der Waals surface area contributed by atoms with Gasteiger partial charge in [0, 0.05) is 18.7 Å². The molecule has 102 valence electrons. The van der Waals surface area contributed by atoms with Crippen LogP contribution in [0, 0.1) is 0 Å². The van der Waals surface area contributed by atoms with Gasteiger partial charge < -0.3 is 15.4 Å². The SMILES string of the molecule is CCOC(=O)NCCc1ccc2c(c1)CCC(=O)N2. The van der Waals surface area contributed by atoms with Crippen LogP contribution < -0.4 is 10.6 Å². The van der Waals surface area contributed by atoms with E-state index in [1.54, 1.807) is 6.92 Å². The highest BCUT2D eigenvalue weighted by atomic mass is 16.5. The van der Waals surface area contributed by atoms with Gasteiger partial charge in [0.2, 0.25) is 5.91 Å². The summed E-state index contributed by atoms with van der Waals surface area (Å²) in [6, 6.07) is 5.98. The maximum Gasteiger partial charge on any atom is 0.407 e. The molecule has 0 radical (unpaired) electrons. The van der Waals surface area contributed by atoms with Gasteiger partial charge in [-0.3, -0.25) is 4.79 Å². The molecule has 0 unspecified atom stereocenters. The Kier molecular flexibility index (Phi) is 4.39. The number of anilines is 1. The van der Waals surface area contributed by atoms with Crippen LogP contribution in [-0.2, 0) is 22.4 Å². The number of alkyl carbamates (subject to hydrolysis) is 1. The van der Waals surface area contributed by atoms with Crippen molar-refractivity contribution in [1.29, 1.82) is 0 Å². The second-order valence-electron chi connectivity index (χ2n) is 4.44. The lowest BCUT2D eigenvalue weighted by Crippen LogP contribution is -2.26. The third kappa shape index (κ3) is 3.71. The van der Waals surface area contributed by atoms with Gasteiger partial charge >= 0.3 is 6.09 Å². The van der Waals surface area contributed by atoms with E-state index in [1.165, 1.54) is 0 Å². The number of carbonyl (C=O) groups excluding carboxylic acids is 2. The first kappa shape index (κ1) is 13.4. The van der Waals surface area contributed by atoms with E-state index >= 15 is 0 Å². The Morgan fingerprint density at radius 2 is 2.26 bits per heavy atom. The molecule has 0 fully saturated rings. The second kappa shape index (κ2) is 6.22. The molecule has 2 rings (SSSR count). The average Bonchev–Trinajstić information content (AvgIpc) is 2.39. The van der Waals surface area contributed by atoms with Gasteiger partial charge in [-0.25, -0.2) is 4.79 Å². The predicted molar refractivity (Wildman–Crippen MR) is 72.1 cm³/mol. The van der Waals surface area contributed by atoms with E-state index in [9.17, 15) is 9.59 Å². The van der Waals surface area contributed by atoms with Crippen LogP contribution in [0.4, 0.5) is 10.5 Å². The number of hydrogen-bond donors (Lipinski definition) is 2. The molecule has 0 saturated carbocycles. The molecule has 2 amide bonds. The molecule has 0 saturated heterocycles. The van der Waals surface area contributed by atoms with Crippen molar-refractivity contribution in [2.75, 3.05) is 18.5 Å². The summed E-state index contributed by atoms with van der Waals surface area (Å²) in [5, 5.41) is 5.54. The maximum atomic E-state index is 11.2. The molecule has 0 bridgehead atoms. The van der Waals surface area contributed by atoms with Crippen molar-refractivity contribution in [3.8, 4) is 0 Å². The average molecular weight is 262 g/mol. The molecule has 1 aliphatic rings. The van der Waals surface area contributed by atoms with Crippen LogP contribution in [0.2, 0.25) is 0 Å². The van der Waals surface area contributed by atoms with Crippen molar-refractivity contribution in [3.05, 3.63) is 29.3 Å². The van der Waals surface area contributed by atoms with Crippen LogP contribution in [0.25, 0.3) is 0 Å². The number of ether oxygens (including phenoxy) is 1. The van der Waals surface area contributed by atoms with E-state index in [0.29, 0.717) is 19.6 Å². The van der Waals surface area contributed by atoms with E-state index < -0.39 is 0 Å². The van der Waals surface area contributed by atoms with Gasteiger partial charge in [0.25, 0.3) is 0 Å². The zero-order valence-electron chi connectivity index (χ0n) is 11.0. The Bertz CT molecular complexity index is 486. The van der Waals surface area contributed by atoms with Crippen LogP contribution in [-0.4, -0.2) is 25.2 Å². The number of aryl methyl sites for hydroxylation is 1. The molecule has 1 aliphatic heterocycles. The van der Waals surface area contributed by atoms with Gasteiger partial charge in [-0.1, -0.05) is 12.1 Å². The minimum absolute atomic E-state index is 0.0734. The Balaban J connectivity index is 1.88. The summed E-state index contributed by atoms with van der Waals surface area (Å²) < 4.78 is 4.78. The third-order valence-electron chi connectivity index (χ3n) is 3.02. The molecule has 0 spiro atoms. The maximum absolute atomic E-state index is 11.2. The Labute approximate surface area is 112 Å². The molecule has 0 aliphatic carbocycles. The molecule has 5 heteroatoms. The Morgan fingerprint density at radius 1 is 1.42 bits per heavy atom. The van der Waals surface area contributed by atoms with Crippen LogP contribution in [0.1, 0.15) is 24.5 Å². The van der Waals surface area contributed by atoms with E-state index in [4.69, 9.17) is 4.74 Å². The van der Waals surface area contributed by atoms with Crippen LogP contribution in [0.15, 0.2) is 18.2 Å². The number of rotatable bonds is 4. The van der Waals surface area contributed by atoms with Gasteiger partial charge in [-0.05, 0) is 37.0 Å². The predicted octanol–water partition coefficient (Wildman–Crippen LogP) is 1.86. The number of nitrogens with one attached hydrogen (secondary N) is 2. The molecule has 0 aromatic heterocycles. The molecule has 2 N–H and O–H groups in total. The number of fused-ring (bicyclic) bond motifs is 1. The Morgan fingerprint density at radius 3 is 3.05 bits per heavy atom. The van der Waals surface area contributed by atoms with Crippen LogP contribution >= 0.6 is 0 Å². The number of benzene rings is 1. The highest BCUT2D eigenvalue weighted by molar-refractivity contribution is 5.93. The second-order valence-corrected chi connectivity index (χ2v) is 4.44. The van der Waals surface area contributed by atoms with Gasteiger partial charge in [0.05, 0.1) is 6.61 Å². The van der Waals surface area contributed by atoms with Crippen molar-refractivity contribution in [1.82, 2.24) is 5.32 Å². The molecular formula is C14H18N2O3. The van der Waals surface area contributed by atoms with E-state index in [2.05, 4.69) is 16.7 Å². The van der Waals surface area contributed by atoms with E-state index in [-0.39, 0.29) is 12.0 Å². The number of amides is 2. The van der Waals surface area contributed by atoms with E-state index in [0.717, 1.165) is 29.7 Å². The lowest BCUT2D eigenvalue weighted by atomic mass is 9.99. The molecule has 1 aromatic rings. The van der Waals surface area contributed by atoms with Crippen molar-refractivity contribution in [3.63, 3.8) is 0 Å². The first-order valence-corrected chi connectivity index (χ1v) is 6.51. The summed E-state index contributed by atoms with van der Waals surface area (Å²) in [5.74, 6) is 0.0734. The normalized spacial score (nSPS) is 13.4. The summed E-state index contributed by atoms with van der Waals surface area (Å²) >= 11 is 0. The molecule has 5 nitrogen and oxygen atoms in total. The zero-order chi connectivity index (χ0) is 13.7. The Hall–Kier alpha value is -2.04. The smallest absolute Gasteiger partial charge is 0.407 e. The summed E-state index contributed by atoms with van der Waals surface area (Å²) in [7, 11) is 0. The standard InChI is InChI=1S/C14H18N2O3/c1-2-19-14(18)15-8-7-10-3-5-12-11(9-10)4-6-13(17)16-12/h3,5,9H,2,4,6-8H2,1H3,(H,15,18)(H,16,17). The van der Waals surface area contributed by atoms with Gasteiger partial charge in [0.1, 0.15) is 0 Å². The molecular weight excluding hydrogens is 244 g/mol. The summed E-state index contributed by atoms with van der Waals surface area (Å²) in [4.78, 5) is 22.4. The fourth-order valence-corrected chi connectivity index (χ4v) is 2.08. The minimum atomic E-state index is -0.382. The van der Waals surface area contributed by atoms with Crippen molar-refractivity contribution < 1.29 is 14.3 Å². The topological polar surface area (TPSA) is 67.4 Å². The molecule has 1 heterocycles. The third-order valence-corrected chi connectivity index (χ3v) is 3.02. The zero-order valence-corrected chi connectivity index (χ0v) is 11.0. The number of hydrogen-bond acceptors (Lipinski definition) is 3. The minimum Gasteiger partial charge on any atom is -0.450 e. The van der Waals surface area contributed by atoms with Crippen molar-refractivity contribution in [2.24, 2.45) is 0 Å². The van der Waals surface area contributed by atoms with Gasteiger partial charge in [-0.2, -0.15) is 0 Å². The summed E-state index contributed by atoms with van der Waals surface area (Å²) in [6.07, 6.45) is 1.69. The van der Waals surface area contributed by atoms with Crippen LogP contribution in [0.3, 0.4) is 0 Å². The fraction of sp³-hybridized carbons (Fsp3) is 0.429. The van der Waals surface area contributed by atoms with Gasteiger partial charge in [0.15, 0.2) is 0 Å². The van der Waals surface area contributed by atoms with Crippen molar-refractivity contribution in [2.45, 2.75) is 26.2 Å². The summed E-state index contributed by atoms with van der Waals surface area (Å²) in [6.45, 7) is 2.70. The first-order valence-electron chi connectivity index (χ1n) is 6.51. The molecule has 19 heavy (non-hydrogen) atoms. The lowest BCUT2D eigenvalue weighted by molar-refractivity contribution is -0.116. The fourth-order valence-electron chi connectivity index (χ4n) is 2.08. The highest BCUT2D eigenvalue weighted by Crippen LogP contribution is 2.23. The lowest BCUT2D eigenvalue weighted by Gasteiger charge is -2.17. The van der Waals surface area contributed by atoms with Crippen LogP contribution in [0.5, 0.6) is 0 Å². The van der Waals surface area contributed by atoms with Crippen molar-refractivity contribution >= 4 is 17.7 Å². The van der Waals surface area contributed by atoms with E-state index in [1.807, 2.05) is 12.1 Å². The molecule has 0 atom stereocenters. The summed E-state index contributed by atoms with van der Waals surface area (Å²) in [5.41, 5.74) is 3.21. The monoisotopic (exact) mass is 262 g/mol. The number of carbonyl (C=O) groups is 2. The molecule has 1 aromatic carbocycles. The highest BCUT2D eigenvalue weighted by Gasteiger charge is 2.14. The largest absolute Gasteiger partial charge is 0.450 e. The van der Waals surface area contributed by atoms with Gasteiger partial charge in [-0.15, -0.1) is 0 Å². The first-order chi connectivity index (χ1) is 9.19.